The third-order valence-electron chi connectivity index (χ3n) is 5.48. The van der Waals surface area contributed by atoms with Crippen LogP contribution < -0.4 is 21.2 Å². The third kappa shape index (κ3) is 5.72. The fraction of sp³-hybridized carbons (Fsp3) is 0.240. The molecule has 0 spiro atoms. The molecule has 0 fully saturated rings. The Hall–Kier alpha value is -4.47. The zero-order valence-electron chi connectivity index (χ0n) is 19.5. The number of nitrogens with zero attached hydrogens (tertiary/aromatic N) is 4. The second-order valence-electron chi connectivity index (χ2n) is 7.85. The van der Waals surface area contributed by atoms with E-state index in [2.05, 4.69) is 39.7 Å². The molecule has 0 radical (unpaired) electrons. The van der Waals surface area contributed by atoms with Crippen molar-refractivity contribution >= 4 is 34.2 Å². The first-order valence-electron chi connectivity index (χ1n) is 11.3. The Morgan fingerprint density at radius 1 is 1.06 bits per heavy atom. The topological polar surface area (TPSA) is 122 Å². The lowest BCUT2D eigenvalue weighted by Gasteiger charge is -2.21. The van der Waals surface area contributed by atoms with E-state index < -0.39 is 11.5 Å². The number of hydrogen-bond acceptors (Lipinski definition) is 7. The lowest BCUT2D eigenvalue weighted by Crippen LogP contribution is -2.23. The van der Waals surface area contributed by atoms with Crippen LogP contribution in [0.2, 0.25) is 0 Å². The van der Waals surface area contributed by atoms with Gasteiger partial charge in [-0.15, -0.1) is 5.10 Å². The number of amides is 2. The van der Waals surface area contributed by atoms with Crippen LogP contribution in [-0.4, -0.2) is 39.9 Å². The molecule has 0 saturated heterocycles. The molecule has 0 unspecified atom stereocenters. The average Bonchev–Trinajstić information content (AvgIpc) is 3.31. The molecule has 0 atom stereocenters. The summed E-state index contributed by atoms with van der Waals surface area (Å²) in [5.74, 6) is -0.689. The van der Waals surface area contributed by atoms with Crippen molar-refractivity contribution in [2.24, 2.45) is 0 Å². The fourth-order valence-corrected chi connectivity index (χ4v) is 3.67. The molecule has 35 heavy (non-hydrogen) atoms. The molecule has 0 saturated carbocycles. The predicted molar refractivity (Wildman–Crippen MR) is 132 cm³/mol. The molecule has 0 aliphatic carbocycles. The van der Waals surface area contributed by atoms with Crippen molar-refractivity contribution in [1.82, 2.24) is 20.3 Å². The molecule has 2 N–H and O–H groups in total. The van der Waals surface area contributed by atoms with E-state index in [0.29, 0.717) is 22.2 Å². The number of aromatic nitrogens is 3. The van der Waals surface area contributed by atoms with Crippen LogP contribution in [0.1, 0.15) is 29.9 Å². The van der Waals surface area contributed by atoms with E-state index >= 15 is 0 Å². The summed E-state index contributed by atoms with van der Waals surface area (Å²) in [5, 5.41) is 13.9. The average molecular weight is 475 g/mol. The van der Waals surface area contributed by atoms with Gasteiger partial charge in [0.25, 0.3) is 5.91 Å². The van der Waals surface area contributed by atoms with E-state index in [0.717, 1.165) is 18.8 Å². The van der Waals surface area contributed by atoms with Crippen LogP contribution in [0.5, 0.6) is 0 Å². The van der Waals surface area contributed by atoms with E-state index in [-0.39, 0.29) is 24.7 Å². The standard InChI is InChI=1S/C25H26N6O4/c1-3-30(4-2)20-11-10-18-12-21(25(34)35-22(18)13-20)27-23(32)16-31-15-19(28-29-31)14-26-24(33)17-8-6-5-7-9-17/h5-13,15H,3-4,14,16H2,1-2H3,(H,26,33)(H,27,32). The van der Waals surface area contributed by atoms with Crippen molar-refractivity contribution in [3.8, 4) is 0 Å². The van der Waals surface area contributed by atoms with Gasteiger partial charge in [-0.3, -0.25) is 9.59 Å². The van der Waals surface area contributed by atoms with Gasteiger partial charge in [0.05, 0.1) is 12.7 Å². The molecule has 2 aromatic carbocycles. The largest absolute Gasteiger partial charge is 0.421 e. The van der Waals surface area contributed by atoms with Gasteiger partial charge in [-0.2, -0.15) is 0 Å². The van der Waals surface area contributed by atoms with Crippen molar-refractivity contribution in [2.75, 3.05) is 23.3 Å². The van der Waals surface area contributed by atoms with Gasteiger partial charge in [0.15, 0.2) is 0 Å². The molecule has 10 heteroatoms. The molecule has 180 valence electrons. The Morgan fingerprint density at radius 2 is 1.83 bits per heavy atom. The van der Waals surface area contributed by atoms with E-state index in [1.165, 1.54) is 4.68 Å². The maximum atomic E-state index is 12.5. The molecule has 0 aliphatic rings. The fourth-order valence-electron chi connectivity index (χ4n) is 3.67. The zero-order valence-corrected chi connectivity index (χ0v) is 19.5. The number of anilines is 2. The number of rotatable bonds is 9. The summed E-state index contributed by atoms with van der Waals surface area (Å²) in [4.78, 5) is 39.2. The summed E-state index contributed by atoms with van der Waals surface area (Å²) in [6, 6.07) is 16.0. The van der Waals surface area contributed by atoms with E-state index in [9.17, 15) is 14.4 Å². The van der Waals surface area contributed by atoms with E-state index in [4.69, 9.17) is 4.42 Å². The normalized spacial score (nSPS) is 10.8. The van der Waals surface area contributed by atoms with Gasteiger partial charge in [-0.25, -0.2) is 9.48 Å². The summed E-state index contributed by atoms with van der Waals surface area (Å²) in [7, 11) is 0. The van der Waals surface area contributed by atoms with Crippen molar-refractivity contribution in [2.45, 2.75) is 26.9 Å². The van der Waals surface area contributed by atoms with Gasteiger partial charge in [0.1, 0.15) is 23.5 Å². The van der Waals surface area contributed by atoms with E-state index in [1.807, 2.05) is 24.3 Å². The summed E-state index contributed by atoms with van der Waals surface area (Å²) >= 11 is 0. The van der Waals surface area contributed by atoms with Crippen molar-refractivity contribution < 1.29 is 14.0 Å². The second kappa shape index (κ2) is 10.6. The molecule has 0 bridgehead atoms. The van der Waals surface area contributed by atoms with Crippen LogP contribution in [0.25, 0.3) is 11.0 Å². The van der Waals surface area contributed by atoms with Crippen LogP contribution >= 0.6 is 0 Å². The highest BCUT2D eigenvalue weighted by molar-refractivity contribution is 5.94. The first kappa shape index (κ1) is 23.7. The second-order valence-corrected chi connectivity index (χ2v) is 7.85. The van der Waals surface area contributed by atoms with Crippen LogP contribution in [0.3, 0.4) is 0 Å². The van der Waals surface area contributed by atoms with Crippen LogP contribution in [0.4, 0.5) is 11.4 Å². The van der Waals surface area contributed by atoms with Crippen molar-refractivity contribution in [3.05, 3.63) is 82.5 Å². The predicted octanol–water partition coefficient (Wildman–Crippen LogP) is 2.80. The molecular formula is C25H26N6O4. The van der Waals surface area contributed by atoms with Gasteiger partial charge in [-0.05, 0) is 44.2 Å². The van der Waals surface area contributed by atoms with Gasteiger partial charge < -0.3 is 20.0 Å². The number of carbonyl (C=O) groups excluding carboxylic acids is 2. The van der Waals surface area contributed by atoms with Crippen molar-refractivity contribution in [1.29, 1.82) is 0 Å². The summed E-state index contributed by atoms with van der Waals surface area (Å²) < 4.78 is 6.78. The first-order chi connectivity index (χ1) is 17.0. The number of carbonyl (C=O) groups is 2. The van der Waals surface area contributed by atoms with Crippen LogP contribution in [0.15, 0.2) is 70.0 Å². The Morgan fingerprint density at radius 3 is 2.57 bits per heavy atom. The smallest absolute Gasteiger partial charge is 0.360 e. The van der Waals surface area contributed by atoms with Crippen LogP contribution in [-0.2, 0) is 17.9 Å². The maximum absolute atomic E-state index is 12.5. The minimum absolute atomic E-state index is 0.0496. The molecule has 2 amide bonds. The minimum Gasteiger partial charge on any atom is -0.421 e. The van der Waals surface area contributed by atoms with Crippen molar-refractivity contribution in [3.63, 3.8) is 0 Å². The SMILES string of the molecule is CCN(CC)c1ccc2cc(NC(=O)Cn3cc(CNC(=O)c4ccccc4)nn3)c(=O)oc2c1. The van der Waals surface area contributed by atoms with Gasteiger partial charge in [0.2, 0.25) is 5.91 Å². The Balaban J connectivity index is 1.37. The van der Waals surface area contributed by atoms with Gasteiger partial charge in [0, 0.05) is 35.8 Å². The lowest BCUT2D eigenvalue weighted by molar-refractivity contribution is -0.116. The van der Waals surface area contributed by atoms with Gasteiger partial charge >= 0.3 is 5.63 Å². The summed E-state index contributed by atoms with van der Waals surface area (Å²) in [5.41, 5.74) is 1.87. The minimum atomic E-state index is -0.634. The molecule has 2 aromatic heterocycles. The summed E-state index contributed by atoms with van der Waals surface area (Å²) in [6.07, 6.45) is 1.56. The third-order valence-corrected chi connectivity index (χ3v) is 5.48. The molecule has 4 rings (SSSR count). The molecular weight excluding hydrogens is 448 g/mol. The molecule has 2 heterocycles. The monoisotopic (exact) mass is 474 g/mol. The molecule has 10 nitrogen and oxygen atoms in total. The summed E-state index contributed by atoms with van der Waals surface area (Å²) in [6.45, 7) is 5.80. The Labute approximate surface area is 201 Å². The number of fused-ring (bicyclic) bond motifs is 1. The van der Waals surface area contributed by atoms with Crippen LogP contribution in [0, 0.1) is 0 Å². The Kier molecular flexibility index (Phi) is 7.20. The zero-order chi connectivity index (χ0) is 24.8. The number of hydrogen-bond donors (Lipinski definition) is 2. The first-order valence-corrected chi connectivity index (χ1v) is 11.3. The quantitative estimate of drug-likeness (QED) is 0.358. The lowest BCUT2D eigenvalue weighted by atomic mass is 10.2. The van der Waals surface area contributed by atoms with Gasteiger partial charge in [-0.1, -0.05) is 23.4 Å². The Bertz CT molecular complexity index is 1390. The number of nitrogens with one attached hydrogen (secondary N) is 2. The molecule has 0 aliphatic heterocycles. The highest BCUT2D eigenvalue weighted by atomic mass is 16.4. The van der Waals surface area contributed by atoms with E-state index in [1.54, 1.807) is 36.5 Å². The maximum Gasteiger partial charge on any atom is 0.360 e. The highest BCUT2D eigenvalue weighted by Crippen LogP contribution is 2.23. The highest BCUT2D eigenvalue weighted by Gasteiger charge is 2.13. The number of benzene rings is 2. The molecule has 4 aromatic rings.